The van der Waals surface area contributed by atoms with Gasteiger partial charge >= 0.3 is 5.97 Å². The number of nitrogens with two attached hydrogens (primary N) is 1. The van der Waals surface area contributed by atoms with Crippen molar-refractivity contribution in [3.8, 4) is 0 Å². The number of rotatable bonds is 3. The van der Waals surface area contributed by atoms with E-state index in [4.69, 9.17) is 10.5 Å². The second kappa shape index (κ2) is 4.77. The molecule has 0 heterocycles. The number of esters is 1. The molecule has 14 heavy (non-hydrogen) atoms. The first-order valence-corrected chi connectivity index (χ1v) is 4.59. The molecular formula is C11H15NO2. The molecule has 1 aromatic rings. The number of benzene rings is 1. The van der Waals surface area contributed by atoms with Gasteiger partial charge in [0.1, 0.15) is 6.10 Å². The Morgan fingerprint density at radius 3 is 2.43 bits per heavy atom. The van der Waals surface area contributed by atoms with E-state index in [1.165, 1.54) is 6.92 Å². The zero-order chi connectivity index (χ0) is 10.6. The van der Waals surface area contributed by atoms with E-state index in [2.05, 4.69) is 0 Å². The van der Waals surface area contributed by atoms with E-state index in [0.29, 0.717) is 0 Å². The van der Waals surface area contributed by atoms with Crippen LogP contribution in [-0.2, 0) is 9.53 Å². The molecule has 0 saturated heterocycles. The largest absolute Gasteiger partial charge is 0.461 e. The Hall–Kier alpha value is -1.35. The molecule has 0 aliphatic carbocycles. The predicted octanol–water partition coefficient (Wildman–Crippen LogP) is 1.64. The Kier molecular flexibility index (Phi) is 3.65. The van der Waals surface area contributed by atoms with Gasteiger partial charge in [-0.2, -0.15) is 0 Å². The van der Waals surface area contributed by atoms with Crippen LogP contribution in [0.5, 0.6) is 0 Å². The van der Waals surface area contributed by atoms with E-state index in [1.807, 2.05) is 30.3 Å². The minimum Gasteiger partial charge on any atom is -0.461 e. The summed E-state index contributed by atoms with van der Waals surface area (Å²) in [5, 5.41) is 0. The van der Waals surface area contributed by atoms with Crippen molar-refractivity contribution in [2.24, 2.45) is 5.73 Å². The highest BCUT2D eigenvalue weighted by Gasteiger charge is 2.16. The Morgan fingerprint density at radius 2 is 1.93 bits per heavy atom. The second-order valence-electron chi connectivity index (χ2n) is 3.25. The van der Waals surface area contributed by atoms with Gasteiger partial charge in [0.05, 0.1) is 6.04 Å². The van der Waals surface area contributed by atoms with Crippen LogP contribution in [0.2, 0.25) is 0 Å². The van der Waals surface area contributed by atoms with Crippen LogP contribution < -0.4 is 5.73 Å². The summed E-state index contributed by atoms with van der Waals surface area (Å²) in [6.07, 6.45) is -0.296. The van der Waals surface area contributed by atoms with Crippen molar-refractivity contribution in [1.82, 2.24) is 0 Å². The van der Waals surface area contributed by atoms with Crippen LogP contribution in [0.3, 0.4) is 0 Å². The van der Waals surface area contributed by atoms with Gasteiger partial charge < -0.3 is 10.5 Å². The van der Waals surface area contributed by atoms with Gasteiger partial charge in [0.25, 0.3) is 0 Å². The summed E-state index contributed by atoms with van der Waals surface area (Å²) >= 11 is 0. The molecule has 0 saturated carbocycles. The van der Waals surface area contributed by atoms with Gasteiger partial charge in [-0.1, -0.05) is 30.3 Å². The smallest absolute Gasteiger partial charge is 0.302 e. The number of hydrogen-bond acceptors (Lipinski definition) is 3. The second-order valence-corrected chi connectivity index (χ2v) is 3.25. The Morgan fingerprint density at radius 1 is 1.36 bits per heavy atom. The molecule has 1 rings (SSSR count). The molecule has 0 radical (unpaired) electrons. The predicted molar refractivity (Wildman–Crippen MR) is 54.6 cm³/mol. The zero-order valence-corrected chi connectivity index (χ0v) is 8.44. The molecule has 76 valence electrons. The molecule has 0 spiro atoms. The average molecular weight is 193 g/mol. The molecule has 0 fully saturated rings. The first kappa shape index (κ1) is 10.7. The summed E-state index contributed by atoms with van der Waals surface area (Å²) in [6.45, 7) is 3.17. The maximum atomic E-state index is 10.7. The van der Waals surface area contributed by atoms with Crippen molar-refractivity contribution in [3.05, 3.63) is 35.9 Å². The Bertz CT molecular complexity index is 297. The molecule has 3 heteroatoms. The lowest BCUT2D eigenvalue weighted by molar-refractivity contribution is -0.146. The highest BCUT2D eigenvalue weighted by molar-refractivity contribution is 5.66. The normalized spacial score (nSPS) is 14.5. The van der Waals surface area contributed by atoms with Crippen LogP contribution in [0, 0.1) is 0 Å². The van der Waals surface area contributed by atoms with Crippen molar-refractivity contribution in [3.63, 3.8) is 0 Å². The lowest BCUT2D eigenvalue weighted by Gasteiger charge is -2.19. The molecule has 0 aliphatic heterocycles. The van der Waals surface area contributed by atoms with E-state index in [1.54, 1.807) is 6.92 Å². The SMILES string of the molecule is CC(=O)O[C@H](C)[C@H](N)c1ccccc1. The highest BCUT2D eigenvalue weighted by atomic mass is 16.5. The lowest BCUT2D eigenvalue weighted by atomic mass is 10.0. The van der Waals surface area contributed by atoms with Gasteiger partial charge in [-0.3, -0.25) is 4.79 Å². The van der Waals surface area contributed by atoms with E-state index in [-0.39, 0.29) is 18.1 Å². The summed E-state index contributed by atoms with van der Waals surface area (Å²) in [4.78, 5) is 10.7. The van der Waals surface area contributed by atoms with Gasteiger partial charge in [0.15, 0.2) is 0 Å². The zero-order valence-electron chi connectivity index (χ0n) is 8.44. The Labute approximate surface area is 83.9 Å². The molecule has 1 aromatic carbocycles. The first-order valence-electron chi connectivity index (χ1n) is 4.59. The van der Waals surface area contributed by atoms with Crippen LogP contribution in [0.25, 0.3) is 0 Å². The van der Waals surface area contributed by atoms with Crippen LogP contribution in [0.4, 0.5) is 0 Å². The summed E-state index contributed by atoms with van der Waals surface area (Å²) in [5.74, 6) is -0.302. The van der Waals surface area contributed by atoms with Crippen LogP contribution in [-0.4, -0.2) is 12.1 Å². The summed E-state index contributed by atoms with van der Waals surface area (Å²) in [6, 6.07) is 9.33. The van der Waals surface area contributed by atoms with E-state index in [9.17, 15) is 4.79 Å². The number of carbonyl (C=O) groups is 1. The summed E-state index contributed by atoms with van der Waals surface area (Å²) in [7, 11) is 0. The number of carbonyl (C=O) groups excluding carboxylic acids is 1. The van der Waals surface area contributed by atoms with Crippen molar-refractivity contribution in [2.45, 2.75) is 26.0 Å². The van der Waals surface area contributed by atoms with E-state index >= 15 is 0 Å². The molecular weight excluding hydrogens is 178 g/mol. The fraction of sp³-hybridized carbons (Fsp3) is 0.364. The number of hydrogen-bond donors (Lipinski definition) is 1. The molecule has 2 N–H and O–H groups in total. The monoisotopic (exact) mass is 193 g/mol. The maximum Gasteiger partial charge on any atom is 0.302 e. The molecule has 0 amide bonds. The molecule has 0 aromatic heterocycles. The van der Waals surface area contributed by atoms with Crippen molar-refractivity contribution in [2.75, 3.05) is 0 Å². The van der Waals surface area contributed by atoms with Gasteiger partial charge in [0, 0.05) is 6.92 Å². The van der Waals surface area contributed by atoms with Gasteiger partial charge in [-0.25, -0.2) is 0 Å². The molecule has 2 atom stereocenters. The highest BCUT2D eigenvalue weighted by Crippen LogP contribution is 2.15. The molecule has 0 unspecified atom stereocenters. The number of ether oxygens (including phenoxy) is 1. The fourth-order valence-electron chi connectivity index (χ4n) is 1.28. The minimum atomic E-state index is -0.302. The summed E-state index contributed by atoms with van der Waals surface area (Å²) in [5.41, 5.74) is 6.88. The topological polar surface area (TPSA) is 52.3 Å². The van der Waals surface area contributed by atoms with E-state index in [0.717, 1.165) is 5.56 Å². The Balaban J connectivity index is 2.65. The lowest BCUT2D eigenvalue weighted by Crippen LogP contribution is -2.27. The fourth-order valence-corrected chi connectivity index (χ4v) is 1.28. The quantitative estimate of drug-likeness (QED) is 0.742. The van der Waals surface area contributed by atoms with Gasteiger partial charge in [0.2, 0.25) is 0 Å². The van der Waals surface area contributed by atoms with Crippen molar-refractivity contribution >= 4 is 5.97 Å². The summed E-state index contributed by atoms with van der Waals surface area (Å²) < 4.78 is 5.00. The molecule has 0 aliphatic rings. The van der Waals surface area contributed by atoms with Gasteiger partial charge in [-0.05, 0) is 12.5 Å². The standard InChI is InChI=1S/C11H15NO2/c1-8(14-9(2)13)11(12)10-6-4-3-5-7-10/h3-8,11H,12H2,1-2H3/t8-,11+/m1/s1. The maximum absolute atomic E-state index is 10.7. The average Bonchev–Trinajstić information content (AvgIpc) is 2.17. The van der Waals surface area contributed by atoms with Crippen molar-refractivity contribution < 1.29 is 9.53 Å². The van der Waals surface area contributed by atoms with Crippen LogP contribution >= 0.6 is 0 Å². The molecule has 0 bridgehead atoms. The third kappa shape index (κ3) is 2.85. The third-order valence-electron chi connectivity index (χ3n) is 2.04. The van der Waals surface area contributed by atoms with E-state index < -0.39 is 0 Å². The van der Waals surface area contributed by atoms with Crippen LogP contribution in [0.1, 0.15) is 25.5 Å². The first-order chi connectivity index (χ1) is 6.61. The van der Waals surface area contributed by atoms with Gasteiger partial charge in [-0.15, -0.1) is 0 Å². The third-order valence-corrected chi connectivity index (χ3v) is 2.04. The minimum absolute atomic E-state index is 0.264. The van der Waals surface area contributed by atoms with Crippen molar-refractivity contribution in [1.29, 1.82) is 0 Å². The van der Waals surface area contributed by atoms with Crippen LogP contribution in [0.15, 0.2) is 30.3 Å². The molecule has 3 nitrogen and oxygen atoms in total.